The maximum absolute atomic E-state index is 12.1. The van der Waals surface area contributed by atoms with Gasteiger partial charge in [0.25, 0.3) is 5.91 Å². The summed E-state index contributed by atoms with van der Waals surface area (Å²) >= 11 is 0. The van der Waals surface area contributed by atoms with E-state index in [0.29, 0.717) is 17.9 Å². The van der Waals surface area contributed by atoms with Gasteiger partial charge < -0.3 is 10.4 Å². The summed E-state index contributed by atoms with van der Waals surface area (Å²) in [4.78, 5) is 12.1. The molecule has 4 nitrogen and oxygen atoms in total. The van der Waals surface area contributed by atoms with Crippen LogP contribution in [0.25, 0.3) is 0 Å². The van der Waals surface area contributed by atoms with Gasteiger partial charge in [0.05, 0.1) is 6.10 Å². The first-order chi connectivity index (χ1) is 9.56. The maximum Gasteiger partial charge on any atom is 0.251 e. The van der Waals surface area contributed by atoms with Gasteiger partial charge in [-0.1, -0.05) is 18.6 Å². The van der Waals surface area contributed by atoms with Gasteiger partial charge in [-0.2, -0.15) is 0 Å². The fraction of sp³-hybridized carbons (Fsp3) is 0.533. The third kappa shape index (κ3) is 4.15. The quantitative estimate of drug-likeness (QED) is 0.864. The van der Waals surface area contributed by atoms with E-state index in [1.54, 1.807) is 18.4 Å². The zero-order valence-electron chi connectivity index (χ0n) is 11.7. The fourth-order valence-corrected chi connectivity index (χ4v) is 3.27. The number of benzene rings is 1. The zero-order valence-corrected chi connectivity index (χ0v) is 12.5. The van der Waals surface area contributed by atoms with Gasteiger partial charge in [0.1, 0.15) is 0 Å². The number of amides is 1. The van der Waals surface area contributed by atoms with Crippen LogP contribution < -0.4 is 5.32 Å². The number of nitrogens with one attached hydrogen (secondary N) is 1. The Morgan fingerprint density at radius 1 is 1.45 bits per heavy atom. The lowest BCUT2D eigenvalue weighted by molar-refractivity contribution is 0.0916. The van der Waals surface area contributed by atoms with E-state index >= 15 is 0 Å². The number of hydrogen-bond donors (Lipinski definition) is 2. The molecule has 0 spiro atoms. The van der Waals surface area contributed by atoms with Crippen molar-refractivity contribution in [1.29, 1.82) is 0 Å². The Hall–Kier alpha value is -1.20. The molecule has 1 aromatic carbocycles. The van der Waals surface area contributed by atoms with Crippen LogP contribution >= 0.6 is 0 Å². The Kier molecular flexibility index (Phi) is 5.31. The number of hydrogen-bond acceptors (Lipinski definition) is 3. The molecule has 0 aliphatic heterocycles. The van der Waals surface area contributed by atoms with E-state index < -0.39 is 10.8 Å². The lowest BCUT2D eigenvalue weighted by Crippen LogP contribution is -2.32. The monoisotopic (exact) mass is 295 g/mol. The van der Waals surface area contributed by atoms with Crippen LogP contribution in [0.3, 0.4) is 0 Å². The fourth-order valence-electron chi connectivity index (χ4n) is 2.62. The number of rotatable bonds is 5. The van der Waals surface area contributed by atoms with Crippen molar-refractivity contribution in [2.24, 2.45) is 5.92 Å². The maximum atomic E-state index is 12.1. The molecule has 0 heterocycles. The average molecular weight is 295 g/mol. The van der Waals surface area contributed by atoms with Gasteiger partial charge in [-0.05, 0) is 30.5 Å². The molecular weight excluding hydrogens is 274 g/mol. The number of carbonyl (C=O) groups is 1. The van der Waals surface area contributed by atoms with Crippen molar-refractivity contribution in [1.82, 2.24) is 5.32 Å². The third-order valence-corrected chi connectivity index (χ3v) is 4.44. The SMILES string of the molecule is CS(=O)Cc1cccc(C(=O)NCC2CCCC2O)c1. The van der Waals surface area contributed by atoms with E-state index in [4.69, 9.17) is 0 Å². The van der Waals surface area contributed by atoms with Gasteiger partial charge in [-0.3, -0.25) is 9.00 Å². The van der Waals surface area contributed by atoms with Crippen molar-refractivity contribution in [3.05, 3.63) is 35.4 Å². The molecule has 3 unspecified atom stereocenters. The Bertz CT molecular complexity index is 504. The van der Waals surface area contributed by atoms with Gasteiger partial charge in [0, 0.05) is 40.8 Å². The minimum atomic E-state index is -0.913. The zero-order chi connectivity index (χ0) is 14.5. The second-order valence-electron chi connectivity index (χ2n) is 5.39. The van der Waals surface area contributed by atoms with Crippen molar-refractivity contribution in [3.63, 3.8) is 0 Å². The van der Waals surface area contributed by atoms with Crippen LogP contribution in [0.1, 0.15) is 35.2 Å². The molecule has 0 bridgehead atoms. The Balaban J connectivity index is 1.93. The smallest absolute Gasteiger partial charge is 0.251 e. The van der Waals surface area contributed by atoms with E-state index in [0.717, 1.165) is 24.8 Å². The molecular formula is C15H21NO3S. The van der Waals surface area contributed by atoms with E-state index in [1.807, 2.05) is 12.1 Å². The summed E-state index contributed by atoms with van der Waals surface area (Å²) in [5.41, 5.74) is 1.49. The van der Waals surface area contributed by atoms with Crippen molar-refractivity contribution >= 4 is 16.7 Å². The standard InChI is InChI=1S/C15H21NO3S/c1-20(19)10-11-4-2-5-12(8-11)15(18)16-9-13-6-3-7-14(13)17/h2,4-5,8,13-14,17H,3,6-7,9-10H2,1H3,(H,16,18). The van der Waals surface area contributed by atoms with E-state index in [1.165, 1.54) is 0 Å². The molecule has 1 amide bonds. The van der Waals surface area contributed by atoms with Crippen LogP contribution in [-0.2, 0) is 16.6 Å². The molecule has 1 fully saturated rings. The van der Waals surface area contributed by atoms with Gasteiger partial charge in [-0.25, -0.2) is 0 Å². The highest BCUT2D eigenvalue weighted by atomic mass is 32.2. The summed E-state index contributed by atoms with van der Waals surface area (Å²) in [6, 6.07) is 7.21. The highest BCUT2D eigenvalue weighted by Crippen LogP contribution is 2.24. The average Bonchev–Trinajstić information content (AvgIpc) is 2.81. The van der Waals surface area contributed by atoms with Crippen LogP contribution in [-0.4, -0.2) is 34.1 Å². The summed E-state index contributed by atoms with van der Waals surface area (Å²) in [5, 5.41) is 12.6. The predicted octanol–water partition coefficient (Wildman–Crippen LogP) is 1.46. The Morgan fingerprint density at radius 3 is 2.90 bits per heavy atom. The van der Waals surface area contributed by atoms with Gasteiger partial charge >= 0.3 is 0 Å². The first-order valence-electron chi connectivity index (χ1n) is 6.91. The van der Waals surface area contributed by atoms with Gasteiger partial charge in [0.15, 0.2) is 0 Å². The second kappa shape index (κ2) is 6.99. The summed E-state index contributed by atoms with van der Waals surface area (Å²) in [6.07, 6.45) is 4.19. The van der Waals surface area contributed by atoms with Crippen LogP contribution in [0.4, 0.5) is 0 Å². The van der Waals surface area contributed by atoms with E-state index in [2.05, 4.69) is 5.32 Å². The molecule has 1 aliphatic rings. The minimum Gasteiger partial charge on any atom is -0.393 e. The molecule has 1 aromatic rings. The van der Waals surface area contributed by atoms with Crippen molar-refractivity contribution in [2.45, 2.75) is 31.1 Å². The molecule has 110 valence electrons. The molecule has 2 N–H and O–H groups in total. The van der Waals surface area contributed by atoms with Crippen LogP contribution in [0.15, 0.2) is 24.3 Å². The summed E-state index contributed by atoms with van der Waals surface area (Å²) in [5.74, 6) is 0.501. The predicted molar refractivity (Wildman–Crippen MR) is 79.9 cm³/mol. The molecule has 2 rings (SSSR count). The Labute approximate surface area is 122 Å². The van der Waals surface area contributed by atoms with Crippen LogP contribution in [0, 0.1) is 5.92 Å². The largest absolute Gasteiger partial charge is 0.393 e. The van der Waals surface area contributed by atoms with Crippen LogP contribution in [0.2, 0.25) is 0 Å². The summed E-state index contributed by atoms with van der Waals surface area (Å²) < 4.78 is 11.2. The highest BCUT2D eigenvalue weighted by molar-refractivity contribution is 7.83. The lowest BCUT2D eigenvalue weighted by Gasteiger charge is -2.15. The highest BCUT2D eigenvalue weighted by Gasteiger charge is 2.25. The molecule has 1 aliphatic carbocycles. The molecule has 3 atom stereocenters. The second-order valence-corrected chi connectivity index (χ2v) is 6.82. The van der Waals surface area contributed by atoms with E-state index in [-0.39, 0.29) is 17.9 Å². The van der Waals surface area contributed by atoms with Gasteiger partial charge in [-0.15, -0.1) is 0 Å². The number of aliphatic hydroxyl groups is 1. The van der Waals surface area contributed by atoms with Crippen molar-refractivity contribution < 1.29 is 14.1 Å². The summed E-state index contributed by atoms with van der Waals surface area (Å²) in [7, 11) is -0.913. The molecule has 1 saturated carbocycles. The van der Waals surface area contributed by atoms with Gasteiger partial charge in [0.2, 0.25) is 0 Å². The normalized spacial score (nSPS) is 23.5. The molecule has 20 heavy (non-hydrogen) atoms. The first-order valence-corrected chi connectivity index (χ1v) is 8.64. The number of carbonyl (C=O) groups excluding carboxylic acids is 1. The minimum absolute atomic E-state index is 0.132. The molecule has 0 aromatic heterocycles. The van der Waals surface area contributed by atoms with Crippen LogP contribution in [0.5, 0.6) is 0 Å². The lowest BCUT2D eigenvalue weighted by atomic mass is 10.1. The van der Waals surface area contributed by atoms with Crippen molar-refractivity contribution in [2.75, 3.05) is 12.8 Å². The summed E-state index contributed by atoms with van der Waals surface area (Å²) in [6.45, 7) is 0.518. The number of aliphatic hydroxyl groups excluding tert-OH is 1. The molecule has 0 saturated heterocycles. The third-order valence-electron chi connectivity index (χ3n) is 3.70. The van der Waals surface area contributed by atoms with E-state index in [9.17, 15) is 14.1 Å². The molecule has 0 radical (unpaired) electrons. The molecule has 5 heteroatoms. The first kappa shape index (κ1) is 15.2. The van der Waals surface area contributed by atoms with Crippen molar-refractivity contribution in [3.8, 4) is 0 Å². The Morgan fingerprint density at radius 2 is 2.25 bits per heavy atom. The topological polar surface area (TPSA) is 66.4 Å².